The summed E-state index contributed by atoms with van der Waals surface area (Å²) in [5.74, 6) is 0.747. The number of nitrogens with zero attached hydrogens (tertiary/aromatic N) is 5. The van der Waals surface area contributed by atoms with E-state index in [4.69, 9.17) is 9.47 Å². The summed E-state index contributed by atoms with van der Waals surface area (Å²) in [6.45, 7) is 6.22. The van der Waals surface area contributed by atoms with Gasteiger partial charge in [-0.3, -0.25) is 9.59 Å². The third kappa shape index (κ3) is 5.06. The van der Waals surface area contributed by atoms with Crippen molar-refractivity contribution in [3.63, 3.8) is 0 Å². The van der Waals surface area contributed by atoms with Crippen LogP contribution in [0.5, 0.6) is 11.5 Å². The van der Waals surface area contributed by atoms with Crippen molar-refractivity contribution in [2.75, 3.05) is 6.79 Å². The van der Waals surface area contributed by atoms with Gasteiger partial charge in [0.25, 0.3) is 0 Å². The molecular weight excluding hydrogens is 484 g/mol. The van der Waals surface area contributed by atoms with Crippen LogP contribution in [0.2, 0.25) is 0 Å². The molecule has 0 fully saturated rings. The van der Waals surface area contributed by atoms with E-state index >= 15 is 0 Å². The first-order valence-electron chi connectivity index (χ1n) is 12.7. The van der Waals surface area contributed by atoms with Crippen LogP contribution in [0, 0.1) is 0 Å². The highest BCUT2D eigenvalue weighted by Crippen LogP contribution is 2.34. The van der Waals surface area contributed by atoms with Crippen molar-refractivity contribution in [1.29, 1.82) is 0 Å². The molecule has 0 unspecified atom stereocenters. The number of amides is 2. The van der Waals surface area contributed by atoms with Gasteiger partial charge in [-0.25, -0.2) is 4.68 Å². The van der Waals surface area contributed by atoms with Gasteiger partial charge in [-0.1, -0.05) is 30.3 Å². The Bertz CT molecular complexity index is 1470. The van der Waals surface area contributed by atoms with E-state index < -0.39 is 11.6 Å². The van der Waals surface area contributed by atoms with Gasteiger partial charge in [0.2, 0.25) is 18.6 Å². The molecule has 5 rings (SSSR count). The Balaban J connectivity index is 1.55. The van der Waals surface area contributed by atoms with Gasteiger partial charge >= 0.3 is 0 Å². The summed E-state index contributed by atoms with van der Waals surface area (Å²) in [7, 11) is 1.87. The minimum atomic E-state index is -0.881. The molecule has 2 aromatic carbocycles. The molecule has 2 amide bonds. The fourth-order valence-corrected chi connectivity index (χ4v) is 4.50. The van der Waals surface area contributed by atoms with Gasteiger partial charge in [-0.15, -0.1) is 5.10 Å². The maximum absolute atomic E-state index is 14.1. The van der Waals surface area contributed by atoms with Crippen molar-refractivity contribution >= 4 is 22.8 Å². The van der Waals surface area contributed by atoms with Crippen LogP contribution in [-0.2, 0) is 29.7 Å². The van der Waals surface area contributed by atoms with E-state index in [9.17, 15) is 9.59 Å². The molecule has 0 bridgehead atoms. The van der Waals surface area contributed by atoms with E-state index in [1.54, 1.807) is 9.58 Å². The predicted octanol–water partition coefficient (Wildman–Crippen LogP) is 3.57. The second-order valence-electron chi connectivity index (χ2n) is 10.1. The molecule has 1 atom stereocenters. The molecule has 3 heterocycles. The second kappa shape index (κ2) is 10.2. The summed E-state index contributed by atoms with van der Waals surface area (Å²) in [6, 6.07) is 15.9. The number of nitrogens with one attached hydrogen (secondary N) is 1. The minimum absolute atomic E-state index is 0.0730. The highest BCUT2D eigenvalue weighted by molar-refractivity contribution is 5.89. The summed E-state index contributed by atoms with van der Waals surface area (Å²) >= 11 is 0. The Morgan fingerprint density at radius 2 is 1.89 bits per heavy atom. The van der Waals surface area contributed by atoms with E-state index in [0.29, 0.717) is 22.7 Å². The first kappa shape index (κ1) is 25.3. The fourth-order valence-electron chi connectivity index (χ4n) is 4.50. The summed E-state index contributed by atoms with van der Waals surface area (Å²) in [4.78, 5) is 29.6. The minimum Gasteiger partial charge on any atom is -0.454 e. The SMILES string of the molecule is CCC(C)(C)NC(=O)[C@@H](c1cccn1C)N(Cc1ccc2c(c1)OCO2)C(=O)Cn1nnc2ccccc21. The molecule has 10 nitrogen and oxygen atoms in total. The van der Waals surface area contributed by atoms with Crippen LogP contribution >= 0.6 is 0 Å². The lowest BCUT2D eigenvalue weighted by atomic mass is 10.00. The van der Waals surface area contributed by atoms with Gasteiger partial charge in [0.15, 0.2) is 17.5 Å². The molecule has 0 saturated heterocycles. The van der Waals surface area contributed by atoms with Gasteiger partial charge in [-0.2, -0.15) is 0 Å². The van der Waals surface area contributed by atoms with Crippen molar-refractivity contribution in [3.05, 3.63) is 72.1 Å². The number of ether oxygens (including phenoxy) is 2. The number of carbonyl (C=O) groups is 2. The van der Waals surface area contributed by atoms with Crippen molar-refractivity contribution in [2.24, 2.45) is 7.05 Å². The summed E-state index contributed by atoms with van der Waals surface area (Å²) in [5.41, 5.74) is 2.51. The number of carbonyl (C=O) groups excluding carboxylic acids is 2. The summed E-state index contributed by atoms with van der Waals surface area (Å²) < 4.78 is 14.5. The van der Waals surface area contributed by atoms with Crippen LogP contribution in [0.3, 0.4) is 0 Å². The van der Waals surface area contributed by atoms with Crippen LogP contribution in [0.15, 0.2) is 60.8 Å². The number of rotatable bonds is 9. The third-order valence-corrected chi connectivity index (χ3v) is 6.99. The van der Waals surface area contributed by atoms with E-state index in [-0.39, 0.29) is 31.7 Å². The smallest absolute Gasteiger partial charge is 0.249 e. The van der Waals surface area contributed by atoms with E-state index in [0.717, 1.165) is 17.5 Å². The normalized spacial score (nSPS) is 13.5. The van der Waals surface area contributed by atoms with Gasteiger partial charge in [0.05, 0.1) is 5.52 Å². The van der Waals surface area contributed by atoms with Crippen molar-refractivity contribution in [2.45, 2.75) is 51.9 Å². The first-order chi connectivity index (χ1) is 18.3. The maximum Gasteiger partial charge on any atom is 0.249 e. The highest BCUT2D eigenvalue weighted by Gasteiger charge is 2.36. The number of hydrogen-bond acceptors (Lipinski definition) is 6. The standard InChI is InChI=1S/C28H32N6O4/c1-5-28(2,3)29-27(36)26(22-11-8-14-32(22)4)33(16-19-12-13-23-24(15-19)38-18-37-23)25(35)17-34-21-10-7-6-9-20(21)30-31-34/h6-15,26H,5,16-18H2,1-4H3,(H,29,36)/t26-/m1/s1. The number of benzene rings is 2. The average Bonchev–Trinajstić information content (AvgIpc) is 3.64. The molecule has 0 spiro atoms. The zero-order valence-corrected chi connectivity index (χ0v) is 22.0. The van der Waals surface area contributed by atoms with Gasteiger partial charge in [0.1, 0.15) is 12.1 Å². The lowest BCUT2D eigenvalue weighted by Crippen LogP contribution is -2.51. The van der Waals surface area contributed by atoms with Gasteiger partial charge < -0.3 is 24.3 Å². The van der Waals surface area contributed by atoms with Crippen molar-refractivity contribution in [3.8, 4) is 11.5 Å². The largest absolute Gasteiger partial charge is 0.454 e. The van der Waals surface area contributed by atoms with Crippen LogP contribution in [0.4, 0.5) is 0 Å². The molecule has 10 heteroatoms. The molecule has 0 radical (unpaired) electrons. The number of fused-ring (bicyclic) bond motifs is 2. The van der Waals surface area contributed by atoms with Crippen molar-refractivity contribution < 1.29 is 19.1 Å². The molecule has 2 aromatic heterocycles. The Morgan fingerprint density at radius 1 is 1.11 bits per heavy atom. The average molecular weight is 517 g/mol. The molecule has 198 valence electrons. The third-order valence-electron chi connectivity index (χ3n) is 6.99. The quantitative estimate of drug-likeness (QED) is 0.365. The van der Waals surface area contributed by atoms with E-state index in [2.05, 4.69) is 15.6 Å². The predicted molar refractivity (Wildman–Crippen MR) is 141 cm³/mol. The lowest BCUT2D eigenvalue weighted by molar-refractivity contribution is -0.143. The molecular formula is C28H32N6O4. The Hall–Kier alpha value is -4.34. The van der Waals surface area contributed by atoms with Gasteiger partial charge in [-0.05, 0) is 62.2 Å². The van der Waals surface area contributed by atoms with Crippen LogP contribution in [0.25, 0.3) is 11.0 Å². The molecule has 0 aliphatic carbocycles. The topological polar surface area (TPSA) is 104 Å². The lowest BCUT2D eigenvalue weighted by Gasteiger charge is -2.34. The molecule has 1 N–H and O–H groups in total. The summed E-state index contributed by atoms with van der Waals surface area (Å²) in [6.07, 6.45) is 2.61. The number of aromatic nitrogens is 4. The molecule has 1 aliphatic heterocycles. The number of para-hydroxylation sites is 1. The molecule has 1 aliphatic rings. The first-order valence-corrected chi connectivity index (χ1v) is 12.7. The van der Waals surface area contributed by atoms with Crippen LogP contribution in [0.1, 0.15) is 44.5 Å². The van der Waals surface area contributed by atoms with E-state index in [1.165, 1.54) is 0 Å². The van der Waals surface area contributed by atoms with Crippen LogP contribution in [-0.4, -0.2) is 48.6 Å². The Labute approximate surface area is 221 Å². The zero-order valence-electron chi connectivity index (χ0n) is 22.0. The maximum atomic E-state index is 14.1. The monoisotopic (exact) mass is 516 g/mol. The zero-order chi connectivity index (χ0) is 26.9. The molecule has 0 saturated carbocycles. The Morgan fingerprint density at radius 3 is 2.66 bits per heavy atom. The second-order valence-corrected chi connectivity index (χ2v) is 10.1. The highest BCUT2D eigenvalue weighted by atomic mass is 16.7. The molecule has 4 aromatic rings. The fraction of sp³-hybridized carbons (Fsp3) is 0.357. The summed E-state index contributed by atoms with van der Waals surface area (Å²) in [5, 5.41) is 11.5. The Kier molecular flexibility index (Phi) is 6.79. The van der Waals surface area contributed by atoms with Gasteiger partial charge in [0, 0.05) is 31.0 Å². The number of aryl methyl sites for hydroxylation is 1. The molecule has 38 heavy (non-hydrogen) atoms. The van der Waals surface area contributed by atoms with Crippen LogP contribution < -0.4 is 14.8 Å². The number of hydrogen-bond donors (Lipinski definition) is 1. The van der Waals surface area contributed by atoms with E-state index in [1.807, 2.05) is 93.2 Å². The van der Waals surface area contributed by atoms with Crippen molar-refractivity contribution in [1.82, 2.24) is 29.8 Å².